The van der Waals surface area contributed by atoms with Crippen LogP contribution in [-0.2, 0) is 6.54 Å². The third-order valence-electron chi connectivity index (χ3n) is 2.81. The molecule has 1 N–H and O–H groups in total. The van der Waals surface area contributed by atoms with E-state index in [-0.39, 0.29) is 5.82 Å². The summed E-state index contributed by atoms with van der Waals surface area (Å²) >= 11 is 0. The van der Waals surface area contributed by atoms with Gasteiger partial charge in [-0.3, -0.25) is 0 Å². The molecule has 0 spiro atoms. The van der Waals surface area contributed by atoms with Gasteiger partial charge in [0.1, 0.15) is 17.3 Å². The molecule has 0 saturated heterocycles. The molecule has 2 aromatic rings. The normalized spacial score (nSPS) is 10.8. The van der Waals surface area contributed by atoms with Crippen molar-refractivity contribution in [2.75, 3.05) is 6.54 Å². The van der Waals surface area contributed by atoms with E-state index in [9.17, 15) is 4.39 Å². The zero-order valence-electron chi connectivity index (χ0n) is 10.6. The molecule has 0 atom stereocenters. The molecule has 0 bridgehead atoms. The highest BCUT2D eigenvalue weighted by atomic mass is 19.1. The Balaban J connectivity index is 2.00. The molecule has 2 nitrogen and oxygen atoms in total. The zero-order chi connectivity index (χ0) is 12.8. The van der Waals surface area contributed by atoms with Gasteiger partial charge in [0.2, 0.25) is 0 Å². The van der Waals surface area contributed by atoms with Gasteiger partial charge in [-0.2, -0.15) is 0 Å². The van der Waals surface area contributed by atoms with E-state index in [4.69, 9.17) is 4.42 Å². The lowest BCUT2D eigenvalue weighted by molar-refractivity contribution is 0.487. The molecule has 0 radical (unpaired) electrons. The van der Waals surface area contributed by atoms with Crippen LogP contribution in [0.25, 0.3) is 11.3 Å². The first-order chi connectivity index (χ1) is 8.81. The van der Waals surface area contributed by atoms with Crippen LogP contribution in [-0.4, -0.2) is 6.54 Å². The SMILES string of the molecule is CCCCNCc1ccc(-c2ccccc2F)o1. The predicted molar refractivity (Wildman–Crippen MR) is 70.7 cm³/mol. The second-order valence-corrected chi connectivity index (χ2v) is 4.28. The van der Waals surface area contributed by atoms with Crippen molar-refractivity contribution in [1.29, 1.82) is 0 Å². The molecule has 18 heavy (non-hydrogen) atoms. The number of hydrogen-bond acceptors (Lipinski definition) is 2. The Labute approximate surface area is 107 Å². The molecule has 0 fully saturated rings. The minimum atomic E-state index is -0.252. The van der Waals surface area contributed by atoms with Crippen molar-refractivity contribution in [3.8, 4) is 11.3 Å². The van der Waals surface area contributed by atoms with Gasteiger partial charge in [0.05, 0.1) is 12.1 Å². The van der Waals surface area contributed by atoms with Gasteiger partial charge in [0.25, 0.3) is 0 Å². The molecule has 1 aromatic heterocycles. The van der Waals surface area contributed by atoms with Crippen molar-refractivity contribution in [3.63, 3.8) is 0 Å². The summed E-state index contributed by atoms with van der Waals surface area (Å²) < 4.78 is 19.2. The first kappa shape index (κ1) is 12.8. The van der Waals surface area contributed by atoms with Crippen molar-refractivity contribution in [2.24, 2.45) is 0 Å². The molecule has 0 aliphatic rings. The molecule has 0 amide bonds. The van der Waals surface area contributed by atoms with Gasteiger partial charge in [-0.15, -0.1) is 0 Å². The second-order valence-electron chi connectivity index (χ2n) is 4.28. The topological polar surface area (TPSA) is 25.2 Å². The van der Waals surface area contributed by atoms with E-state index in [1.807, 2.05) is 12.1 Å². The van der Waals surface area contributed by atoms with Crippen LogP contribution in [0.1, 0.15) is 25.5 Å². The maximum atomic E-state index is 13.6. The number of nitrogens with one attached hydrogen (secondary N) is 1. The molecule has 0 saturated carbocycles. The number of benzene rings is 1. The molecular formula is C15H18FNO. The van der Waals surface area contributed by atoms with Gasteiger partial charge >= 0.3 is 0 Å². The predicted octanol–water partition coefficient (Wildman–Crippen LogP) is 3.98. The van der Waals surface area contributed by atoms with Crippen LogP contribution >= 0.6 is 0 Å². The maximum Gasteiger partial charge on any atom is 0.137 e. The Morgan fingerprint density at radius 2 is 2.00 bits per heavy atom. The number of rotatable bonds is 6. The Kier molecular flexibility index (Phi) is 4.53. The molecule has 0 unspecified atom stereocenters. The molecule has 96 valence electrons. The minimum Gasteiger partial charge on any atom is -0.460 e. The molecule has 1 aromatic carbocycles. The van der Waals surface area contributed by atoms with Crippen LogP contribution in [0.3, 0.4) is 0 Å². The smallest absolute Gasteiger partial charge is 0.137 e. The fraction of sp³-hybridized carbons (Fsp3) is 0.333. The summed E-state index contributed by atoms with van der Waals surface area (Å²) in [5.41, 5.74) is 0.511. The van der Waals surface area contributed by atoms with Gasteiger partial charge in [-0.25, -0.2) is 4.39 Å². The zero-order valence-corrected chi connectivity index (χ0v) is 10.6. The monoisotopic (exact) mass is 247 g/mol. The van der Waals surface area contributed by atoms with Crippen molar-refractivity contribution in [3.05, 3.63) is 48.0 Å². The highest BCUT2D eigenvalue weighted by Crippen LogP contribution is 2.24. The summed E-state index contributed by atoms with van der Waals surface area (Å²) in [5.74, 6) is 1.17. The minimum absolute atomic E-state index is 0.252. The number of halogens is 1. The van der Waals surface area contributed by atoms with Crippen LogP contribution in [0.15, 0.2) is 40.8 Å². The summed E-state index contributed by atoms with van der Waals surface area (Å²) in [6.45, 7) is 3.82. The summed E-state index contributed by atoms with van der Waals surface area (Å²) in [7, 11) is 0. The Hall–Kier alpha value is -1.61. The van der Waals surface area contributed by atoms with E-state index >= 15 is 0 Å². The number of unbranched alkanes of at least 4 members (excludes halogenated alkanes) is 1. The average Bonchev–Trinajstić information content (AvgIpc) is 2.84. The summed E-state index contributed by atoms with van der Waals surface area (Å²) in [6.07, 6.45) is 2.33. The number of furan rings is 1. The largest absolute Gasteiger partial charge is 0.460 e. The van der Waals surface area contributed by atoms with Crippen LogP contribution in [0.2, 0.25) is 0 Å². The highest BCUT2D eigenvalue weighted by molar-refractivity contribution is 5.58. The third-order valence-corrected chi connectivity index (χ3v) is 2.81. The van der Waals surface area contributed by atoms with Gasteiger partial charge in [-0.05, 0) is 37.2 Å². The van der Waals surface area contributed by atoms with Crippen LogP contribution in [0.4, 0.5) is 4.39 Å². The van der Waals surface area contributed by atoms with Gasteiger partial charge in [-0.1, -0.05) is 25.5 Å². The van der Waals surface area contributed by atoms with E-state index < -0.39 is 0 Å². The van der Waals surface area contributed by atoms with Gasteiger partial charge in [0, 0.05) is 0 Å². The van der Waals surface area contributed by atoms with Crippen molar-refractivity contribution >= 4 is 0 Å². The van der Waals surface area contributed by atoms with Crippen molar-refractivity contribution in [2.45, 2.75) is 26.3 Å². The lowest BCUT2D eigenvalue weighted by atomic mass is 10.1. The lowest BCUT2D eigenvalue weighted by Crippen LogP contribution is -2.13. The van der Waals surface area contributed by atoms with E-state index in [2.05, 4.69) is 12.2 Å². The van der Waals surface area contributed by atoms with Gasteiger partial charge in [0.15, 0.2) is 0 Å². The van der Waals surface area contributed by atoms with Crippen molar-refractivity contribution < 1.29 is 8.81 Å². The highest BCUT2D eigenvalue weighted by Gasteiger charge is 2.08. The Morgan fingerprint density at radius 1 is 1.17 bits per heavy atom. The van der Waals surface area contributed by atoms with E-state index in [0.717, 1.165) is 18.7 Å². The first-order valence-electron chi connectivity index (χ1n) is 6.35. The van der Waals surface area contributed by atoms with E-state index in [1.165, 1.54) is 12.5 Å². The third kappa shape index (κ3) is 3.20. The first-order valence-corrected chi connectivity index (χ1v) is 6.35. The van der Waals surface area contributed by atoms with Gasteiger partial charge < -0.3 is 9.73 Å². The maximum absolute atomic E-state index is 13.6. The summed E-state index contributed by atoms with van der Waals surface area (Å²) in [4.78, 5) is 0. The molecule has 3 heteroatoms. The molecule has 0 aliphatic carbocycles. The fourth-order valence-electron chi connectivity index (χ4n) is 1.79. The quantitative estimate of drug-likeness (QED) is 0.781. The van der Waals surface area contributed by atoms with Crippen LogP contribution in [0, 0.1) is 5.82 Å². The standard InChI is InChI=1S/C15H18FNO/c1-2-3-10-17-11-12-8-9-15(18-12)13-6-4-5-7-14(13)16/h4-9,17H,2-3,10-11H2,1H3. The molecule has 1 heterocycles. The van der Waals surface area contributed by atoms with Crippen molar-refractivity contribution in [1.82, 2.24) is 5.32 Å². The van der Waals surface area contributed by atoms with E-state index in [0.29, 0.717) is 17.9 Å². The molecule has 2 rings (SSSR count). The van der Waals surface area contributed by atoms with E-state index in [1.54, 1.807) is 18.2 Å². The fourth-order valence-corrected chi connectivity index (χ4v) is 1.79. The molecular weight excluding hydrogens is 229 g/mol. The summed E-state index contributed by atoms with van der Waals surface area (Å²) in [6, 6.07) is 10.4. The lowest BCUT2D eigenvalue weighted by Gasteiger charge is -2.01. The average molecular weight is 247 g/mol. The summed E-state index contributed by atoms with van der Waals surface area (Å²) in [5, 5.41) is 3.29. The number of hydrogen-bond donors (Lipinski definition) is 1. The Bertz CT molecular complexity index is 493. The second kappa shape index (κ2) is 6.36. The molecule has 0 aliphatic heterocycles. The van der Waals surface area contributed by atoms with Crippen LogP contribution in [0.5, 0.6) is 0 Å². The Morgan fingerprint density at radius 3 is 2.78 bits per heavy atom. The van der Waals surface area contributed by atoms with Crippen LogP contribution < -0.4 is 5.32 Å².